The maximum absolute atomic E-state index is 11.7. The third-order valence-corrected chi connectivity index (χ3v) is 5.35. The van der Waals surface area contributed by atoms with Crippen molar-refractivity contribution in [2.24, 2.45) is 5.92 Å². The molecule has 1 unspecified atom stereocenters. The minimum Gasteiger partial charge on any atom is -0.469 e. The molecule has 0 saturated heterocycles. The lowest BCUT2D eigenvalue weighted by atomic mass is 10.1. The zero-order chi connectivity index (χ0) is 15.9. The lowest BCUT2D eigenvalue weighted by molar-refractivity contribution is -0.145. The van der Waals surface area contributed by atoms with Gasteiger partial charge in [-0.25, -0.2) is 0 Å². The first kappa shape index (κ1) is 17.2. The van der Waals surface area contributed by atoms with E-state index in [9.17, 15) is 4.79 Å². The SMILES string of the molecule is COC(=O)C(C)CN(Cc1ccccc1)Cc1sccc1Br. The van der Waals surface area contributed by atoms with Gasteiger partial charge in [-0.3, -0.25) is 9.69 Å². The number of benzene rings is 1. The van der Waals surface area contributed by atoms with Crippen LogP contribution in [-0.2, 0) is 22.6 Å². The number of hydrogen-bond acceptors (Lipinski definition) is 4. The Balaban J connectivity index is 2.09. The molecule has 0 fully saturated rings. The fourth-order valence-corrected chi connectivity index (χ4v) is 3.85. The molecule has 2 aromatic rings. The fraction of sp³-hybridized carbons (Fsp3) is 0.353. The Bertz CT molecular complexity index is 600. The molecule has 1 heterocycles. The van der Waals surface area contributed by atoms with Crippen molar-refractivity contribution in [1.29, 1.82) is 0 Å². The third-order valence-electron chi connectivity index (χ3n) is 3.44. The standard InChI is InChI=1S/C17H20BrNO2S/c1-13(17(20)21-2)10-19(11-14-6-4-3-5-7-14)12-16-15(18)8-9-22-16/h3-9,13H,10-12H2,1-2H3. The summed E-state index contributed by atoms with van der Waals surface area (Å²) in [6.07, 6.45) is 0. The van der Waals surface area contributed by atoms with E-state index in [2.05, 4.69) is 44.4 Å². The molecule has 0 bridgehead atoms. The van der Waals surface area contributed by atoms with E-state index in [1.807, 2.05) is 25.1 Å². The van der Waals surface area contributed by atoms with Gasteiger partial charge in [0.25, 0.3) is 0 Å². The summed E-state index contributed by atoms with van der Waals surface area (Å²) in [4.78, 5) is 15.3. The lowest BCUT2D eigenvalue weighted by Gasteiger charge is -2.24. The predicted molar refractivity (Wildman–Crippen MR) is 93.8 cm³/mol. The van der Waals surface area contributed by atoms with Gasteiger partial charge in [0.05, 0.1) is 13.0 Å². The second-order valence-electron chi connectivity index (χ2n) is 5.27. The van der Waals surface area contributed by atoms with Gasteiger partial charge in [-0.2, -0.15) is 0 Å². The number of halogens is 1. The van der Waals surface area contributed by atoms with Crippen LogP contribution in [0.15, 0.2) is 46.3 Å². The Kier molecular flexibility index (Phi) is 6.61. The van der Waals surface area contributed by atoms with Crippen LogP contribution in [0.25, 0.3) is 0 Å². The summed E-state index contributed by atoms with van der Waals surface area (Å²) in [6, 6.07) is 12.4. The van der Waals surface area contributed by atoms with E-state index in [0.29, 0.717) is 6.54 Å². The van der Waals surface area contributed by atoms with Crippen molar-refractivity contribution in [1.82, 2.24) is 4.90 Å². The van der Waals surface area contributed by atoms with Crippen LogP contribution in [0, 0.1) is 5.92 Å². The summed E-state index contributed by atoms with van der Waals surface area (Å²) in [6.45, 7) is 4.21. The van der Waals surface area contributed by atoms with Gasteiger partial charge in [-0.1, -0.05) is 37.3 Å². The maximum Gasteiger partial charge on any atom is 0.309 e. The van der Waals surface area contributed by atoms with Gasteiger partial charge in [-0.15, -0.1) is 11.3 Å². The van der Waals surface area contributed by atoms with Gasteiger partial charge in [-0.05, 0) is 32.9 Å². The second-order valence-corrected chi connectivity index (χ2v) is 7.13. The van der Waals surface area contributed by atoms with Crippen LogP contribution in [0.2, 0.25) is 0 Å². The molecule has 0 saturated carbocycles. The molecule has 2 rings (SSSR count). The van der Waals surface area contributed by atoms with E-state index in [0.717, 1.165) is 17.6 Å². The number of esters is 1. The molecular formula is C17H20BrNO2S. The number of carbonyl (C=O) groups is 1. The van der Waals surface area contributed by atoms with Gasteiger partial charge in [0.1, 0.15) is 0 Å². The van der Waals surface area contributed by atoms with Crippen molar-refractivity contribution in [2.45, 2.75) is 20.0 Å². The minimum absolute atomic E-state index is 0.146. The van der Waals surface area contributed by atoms with Crippen molar-refractivity contribution in [3.63, 3.8) is 0 Å². The normalized spacial score (nSPS) is 12.4. The number of hydrogen-bond donors (Lipinski definition) is 0. The molecule has 5 heteroatoms. The molecule has 1 atom stereocenters. The Morgan fingerprint density at radius 1 is 1.27 bits per heavy atom. The van der Waals surface area contributed by atoms with Crippen LogP contribution in [0.5, 0.6) is 0 Å². The van der Waals surface area contributed by atoms with Crippen molar-refractivity contribution in [2.75, 3.05) is 13.7 Å². The monoisotopic (exact) mass is 381 g/mol. The van der Waals surface area contributed by atoms with Gasteiger partial charge in [0.2, 0.25) is 0 Å². The van der Waals surface area contributed by atoms with E-state index in [1.54, 1.807) is 11.3 Å². The van der Waals surface area contributed by atoms with Crippen LogP contribution in [0.4, 0.5) is 0 Å². The topological polar surface area (TPSA) is 29.5 Å². The van der Waals surface area contributed by atoms with Crippen molar-refractivity contribution < 1.29 is 9.53 Å². The summed E-state index contributed by atoms with van der Waals surface area (Å²) in [5, 5.41) is 2.07. The van der Waals surface area contributed by atoms with Gasteiger partial charge in [0.15, 0.2) is 0 Å². The van der Waals surface area contributed by atoms with E-state index in [1.165, 1.54) is 17.6 Å². The molecule has 0 N–H and O–H groups in total. The number of methoxy groups -OCH3 is 1. The first-order valence-corrected chi connectivity index (χ1v) is 8.83. The largest absolute Gasteiger partial charge is 0.469 e. The van der Waals surface area contributed by atoms with Crippen LogP contribution in [0.3, 0.4) is 0 Å². The van der Waals surface area contributed by atoms with Gasteiger partial charge in [0, 0.05) is 29.0 Å². The number of ether oxygens (including phenoxy) is 1. The molecule has 0 amide bonds. The molecule has 1 aromatic heterocycles. The van der Waals surface area contributed by atoms with Crippen molar-refractivity contribution in [3.8, 4) is 0 Å². The Labute approximate surface area is 144 Å². The molecule has 118 valence electrons. The summed E-state index contributed by atoms with van der Waals surface area (Å²) < 4.78 is 5.98. The average Bonchev–Trinajstić information content (AvgIpc) is 2.92. The Morgan fingerprint density at radius 2 is 2.00 bits per heavy atom. The lowest BCUT2D eigenvalue weighted by Crippen LogP contribution is -2.31. The zero-order valence-electron chi connectivity index (χ0n) is 12.8. The molecule has 0 aliphatic carbocycles. The highest BCUT2D eigenvalue weighted by Crippen LogP contribution is 2.25. The number of thiophene rings is 1. The third kappa shape index (κ3) is 4.93. The highest BCUT2D eigenvalue weighted by molar-refractivity contribution is 9.10. The molecule has 3 nitrogen and oxygen atoms in total. The van der Waals surface area contributed by atoms with E-state index in [4.69, 9.17) is 4.74 Å². The molecular weight excluding hydrogens is 362 g/mol. The van der Waals surface area contributed by atoms with Crippen LogP contribution >= 0.6 is 27.3 Å². The Morgan fingerprint density at radius 3 is 2.59 bits per heavy atom. The molecule has 0 aliphatic rings. The molecule has 0 radical (unpaired) electrons. The highest BCUT2D eigenvalue weighted by atomic mass is 79.9. The maximum atomic E-state index is 11.7. The highest BCUT2D eigenvalue weighted by Gasteiger charge is 2.19. The number of nitrogens with zero attached hydrogens (tertiary/aromatic N) is 1. The van der Waals surface area contributed by atoms with Crippen LogP contribution in [-0.4, -0.2) is 24.5 Å². The minimum atomic E-state index is -0.164. The molecule has 0 aliphatic heterocycles. The van der Waals surface area contributed by atoms with E-state index in [-0.39, 0.29) is 11.9 Å². The second kappa shape index (κ2) is 8.46. The first-order valence-electron chi connectivity index (χ1n) is 7.16. The van der Waals surface area contributed by atoms with Crippen LogP contribution < -0.4 is 0 Å². The smallest absolute Gasteiger partial charge is 0.309 e. The summed E-state index contributed by atoms with van der Waals surface area (Å²) in [5.74, 6) is -0.309. The molecule has 0 spiro atoms. The predicted octanol–water partition coefficient (Wildman–Crippen LogP) is 4.32. The summed E-state index contributed by atoms with van der Waals surface area (Å²) >= 11 is 5.31. The number of carbonyl (C=O) groups excluding carboxylic acids is 1. The van der Waals surface area contributed by atoms with E-state index >= 15 is 0 Å². The van der Waals surface area contributed by atoms with Crippen molar-refractivity contribution >= 4 is 33.2 Å². The molecule has 1 aromatic carbocycles. The number of rotatable bonds is 7. The zero-order valence-corrected chi connectivity index (χ0v) is 15.2. The first-order chi connectivity index (χ1) is 10.6. The molecule has 22 heavy (non-hydrogen) atoms. The van der Waals surface area contributed by atoms with Gasteiger partial charge >= 0.3 is 5.97 Å². The summed E-state index contributed by atoms with van der Waals surface area (Å²) in [5.41, 5.74) is 1.24. The summed E-state index contributed by atoms with van der Waals surface area (Å²) in [7, 11) is 1.44. The quantitative estimate of drug-likeness (QED) is 0.668. The van der Waals surface area contributed by atoms with Crippen molar-refractivity contribution in [3.05, 3.63) is 56.7 Å². The average molecular weight is 382 g/mol. The van der Waals surface area contributed by atoms with E-state index < -0.39 is 0 Å². The fourth-order valence-electron chi connectivity index (χ4n) is 2.33. The van der Waals surface area contributed by atoms with Crippen LogP contribution in [0.1, 0.15) is 17.4 Å². The van der Waals surface area contributed by atoms with Gasteiger partial charge < -0.3 is 4.74 Å². The Hall–Kier alpha value is -1.17.